The first-order valence-corrected chi connectivity index (χ1v) is 10.0. The zero-order valence-corrected chi connectivity index (χ0v) is 16.4. The summed E-state index contributed by atoms with van der Waals surface area (Å²) in [6, 6.07) is 28.7. The van der Waals surface area contributed by atoms with E-state index in [9.17, 15) is 4.79 Å². The molecular formula is C26H22N2O. The fraction of sp³-hybridized carbons (Fsp3) is 0.154. The van der Waals surface area contributed by atoms with E-state index in [1.807, 2.05) is 53.4 Å². The summed E-state index contributed by atoms with van der Waals surface area (Å²) in [5.74, 6) is 0.731. The first-order chi connectivity index (χ1) is 14.2. The van der Waals surface area contributed by atoms with E-state index in [1.165, 1.54) is 16.7 Å². The van der Waals surface area contributed by atoms with Crippen LogP contribution in [-0.2, 0) is 11.2 Å². The molecule has 3 heteroatoms. The maximum atomic E-state index is 12.9. The lowest BCUT2D eigenvalue weighted by molar-refractivity contribution is -0.126. The first kappa shape index (κ1) is 17.6. The highest BCUT2D eigenvalue weighted by Crippen LogP contribution is 2.45. The van der Waals surface area contributed by atoms with E-state index in [0.29, 0.717) is 0 Å². The summed E-state index contributed by atoms with van der Waals surface area (Å²) in [6.45, 7) is 1.64. The Morgan fingerprint density at radius 2 is 1.52 bits per heavy atom. The Kier molecular flexibility index (Phi) is 4.36. The van der Waals surface area contributed by atoms with Crippen molar-refractivity contribution in [1.29, 1.82) is 0 Å². The zero-order chi connectivity index (χ0) is 19.8. The SMILES string of the molecule is CC(=O)N1C(c2ccccc2)=NC2=C(CCc3ccccc32)C1c1ccccc1. The van der Waals surface area contributed by atoms with Crippen molar-refractivity contribution in [2.45, 2.75) is 25.8 Å². The molecule has 2 aliphatic rings. The molecule has 0 spiro atoms. The molecule has 1 amide bonds. The minimum Gasteiger partial charge on any atom is -0.285 e. The van der Waals surface area contributed by atoms with E-state index < -0.39 is 0 Å². The molecule has 1 unspecified atom stereocenters. The molecule has 3 nitrogen and oxygen atoms in total. The average molecular weight is 378 g/mol. The molecule has 0 saturated heterocycles. The van der Waals surface area contributed by atoms with E-state index in [-0.39, 0.29) is 11.9 Å². The van der Waals surface area contributed by atoms with Gasteiger partial charge < -0.3 is 0 Å². The van der Waals surface area contributed by atoms with Crippen LogP contribution >= 0.6 is 0 Å². The highest BCUT2D eigenvalue weighted by atomic mass is 16.2. The number of benzene rings is 3. The van der Waals surface area contributed by atoms with Crippen molar-refractivity contribution in [2.24, 2.45) is 4.99 Å². The molecule has 0 saturated carbocycles. The fourth-order valence-electron chi connectivity index (χ4n) is 4.47. The number of hydrogen-bond donors (Lipinski definition) is 0. The second kappa shape index (κ2) is 7.17. The molecule has 1 aliphatic carbocycles. The standard InChI is InChI=1S/C26H22N2O/c1-18(29)28-25(20-11-4-2-5-12-20)23-17-16-19-10-8-9-15-22(19)24(23)27-26(28)21-13-6-3-7-14-21/h2-15,25H,16-17H2,1H3. The Morgan fingerprint density at radius 1 is 0.862 bits per heavy atom. The fourth-order valence-corrected chi connectivity index (χ4v) is 4.47. The Hall–Kier alpha value is -3.46. The van der Waals surface area contributed by atoms with Gasteiger partial charge in [0.05, 0.1) is 11.7 Å². The number of amidine groups is 1. The Labute approximate surface area is 171 Å². The van der Waals surface area contributed by atoms with Crippen LogP contribution in [0.5, 0.6) is 0 Å². The molecule has 5 rings (SSSR count). The summed E-state index contributed by atoms with van der Waals surface area (Å²) in [5.41, 5.74) is 6.84. The molecule has 1 aliphatic heterocycles. The second-order valence-corrected chi connectivity index (χ2v) is 7.53. The number of nitrogens with zero attached hydrogens (tertiary/aromatic N) is 2. The number of fused-ring (bicyclic) bond motifs is 2. The van der Waals surface area contributed by atoms with Crippen molar-refractivity contribution in [1.82, 2.24) is 4.90 Å². The van der Waals surface area contributed by atoms with Gasteiger partial charge in [-0.2, -0.15) is 0 Å². The quantitative estimate of drug-likeness (QED) is 0.588. The summed E-state index contributed by atoms with van der Waals surface area (Å²) in [6.07, 6.45) is 1.88. The molecule has 3 aromatic carbocycles. The second-order valence-electron chi connectivity index (χ2n) is 7.53. The van der Waals surface area contributed by atoms with Gasteiger partial charge in [-0.25, -0.2) is 4.99 Å². The number of aliphatic imine (C=N–C) groups is 1. The summed E-state index contributed by atoms with van der Waals surface area (Å²) >= 11 is 0. The number of carbonyl (C=O) groups excluding carboxylic acids is 1. The molecule has 0 fully saturated rings. The van der Waals surface area contributed by atoms with Crippen LogP contribution in [0.3, 0.4) is 0 Å². The minimum absolute atomic E-state index is 0.00636. The largest absolute Gasteiger partial charge is 0.285 e. The van der Waals surface area contributed by atoms with E-state index in [1.54, 1.807) is 6.92 Å². The van der Waals surface area contributed by atoms with Crippen molar-refractivity contribution < 1.29 is 4.79 Å². The molecule has 29 heavy (non-hydrogen) atoms. The summed E-state index contributed by atoms with van der Waals surface area (Å²) in [7, 11) is 0. The van der Waals surface area contributed by atoms with Crippen molar-refractivity contribution in [3.8, 4) is 0 Å². The third-order valence-electron chi connectivity index (χ3n) is 5.76. The van der Waals surface area contributed by atoms with Crippen molar-refractivity contribution in [3.05, 3.63) is 113 Å². The maximum Gasteiger partial charge on any atom is 0.225 e. The number of hydrogen-bond acceptors (Lipinski definition) is 2. The van der Waals surface area contributed by atoms with Gasteiger partial charge in [-0.05, 0) is 29.5 Å². The van der Waals surface area contributed by atoms with Crippen molar-refractivity contribution >= 4 is 17.4 Å². The van der Waals surface area contributed by atoms with Gasteiger partial charge in [0, 0.05) is 18.1 Å². The summed E-state index contributed by atoms with van der Waals surface area (Å²) in [5, 5.41) is 0. The number of amides is 1. The lowest BCUT2D eigenvalue weighted by Gasteiger charge is -2.40. The third-order valence-corrected chi connectivity index (χ3v) is 5.76. The van der Waals surface area contributed by atoms with E-state index in [2.05, 4.69) is 36.4 Å². The molecule has 0 N–H and O–H groups in total. The van der Waals surface area contributed by atoms with Gasteiger partial charge in [0.25, 0.3) is 0 Å². The van der Waals surface area contributed by atoms with Crippen LogP contribution in [0.4, 0.5) is 0 Å². The lowest BCUT2D eigenvalue weighted by Crippen LogP contribution is -2.43. The molecule has 1 heterocycles. The van der Waals surface area contributed by atoms with Crippen molar-refractivity contribution in [2.75, 3.05) is 0 Å². The lowest BCUT2D eigenvalue weighted by atomic mass is 9.82. The number of rotatable bonds is 2. The van der Waals surface area contributed by atoms with Gasteiger partial charge in [0.15, 0.2) is 0 Å². The number of aryl methyl sites for hydroxylation is 1. The van der Waals surface area contributed by atoms with Crippen LogP contribution in [0, 0.1) is 0 Å². The molecule has 0 bridgehead atoms. The molecule has 0 radical (unpaired) electrons. The van der Waals surface area contributed by atoms with Gasteiger partial charge in [-0.1, -0.05) is 84.9 Å². The maximum absolute atomic E-state index is 12.9. The van der Waals surface area contributed by atoms with E-state index in [0.717, 1.165) is 35.5 Å². The normalized spacial score (nSPS) is 18.0. The van der Waals surface area contributed by atoms with Crippen LogP contribution in [0.1, 0.15) is 41.6 Å². The Morgan fingerprint density at radius 3 is 2.24 bits per heavy atom. The van der Waals surface area contributed by atoms with Crippen LogP contribution < -0.4 is 0 Å². The van der Waals surface area contributed by atoms with Crippen LogP contribution in [0.25, 0.3) is 5.70 Å². The Bertz CT molecular complexity index is 1130. The molecule has 1 atom stereocenters. The van der Waals surface area contributed by atoms with Gasteiger partial charge in [-0.3, -0.25) is 9.69 Å². The van der Waals surface area contributed by atoms with Crippen molar-refractivity contribution in [3.63, 3.8) is 0 Å². The predicted molar refractivity (Wildman–Crippen MR) is 116 cm³/mol. The Balaban J connectivity index is 1.79. The van der Waals surface area contributed by atoms with Gasteiger partial charge in [0.2, 0.25) is 5.91 Å². The van der Waals surface area contributed by atoms with Gasteiger partial charge in [-0.15, -0.1) is 0 Å². The van der Waals surface area contributed by atoms with Crippen LogP contribution in [-0.4, -0.2) is 16.6 Å². The zero-order valence-electron chi connectivity index (χ0n) is 16.4. The molecule has 142 valence electrons. The summed E-state index contributed by atoms with van der Waals surface area (Å²) in [4.78, 5) is 19.9. The number of carbonyl (C=O) groups is 1. The van der Waals surface area contributed by atoms with Gasteiger partial charge in [0.1, 0.15) is 5.84 Å². The molecule has 0 aromatic heterocycles. The van der Waals surface area contributed by atoms with Gasteiger partial charge >= 0.3 is 0 Å². The topological polar surface area (TPSA) is 32.7 Å². The molecular weight excluding hydrogens is 356 g/mol. The highest BCUT2D eigenvalue weighted by Gasteiger charge is 2.38. The minimum atomic E-state index is -0.134. The van der Waals surface area contributed by atoms with Crippen LogP contribution in [0.2, 0.25) is 0 Å². The van der Waals surface area contributed by atoms with E-state index >= 15 is 0 Å². The first-order valence-electron chi connectivity index (χ1n) is 10.0. The highest BCUT2D eigenvalue weighted by molar-refractivity contribution is 6.11. The third kappa shape index (κ3) is 2.99. The predicted octanol–water partition coefficient (Wildman–Crippen LogP) is 5.39. The monoisotopic (exact) mass is 378 g/mol. The summed E-state index contributed by atoms with van der Waals surface area (Å²) < 4.78 is 0. The molecule has 3 aromatic rings. The van der Waals surface area contributed by atoms with Crippen LogP contribution in [0.15, 0.2) is 95.5 Å². The van der Waals surface area contributed by atoms with E-state index in [4.69, 9.17) is 4.99 Å². The smallest absolute Gasteiger partial charge is 0.225 e. The average Bonchev–Trinajstić information content (AvgIpc) is 2.78.